The van der Waals surface area contributed by atoms with Crippen molar-refractivity contribution in [3.63, 3.8) is 0 Å². The Morgan fingerprint density at radius 1 is 1.17 bits per heavy atom. The number of hydrogen-bond acceptors (Lipinski definition) is 4. The Labute approximate surface area is 165 Å². The van der Waals surface area contributed by atoms with Gasteiger partial charge in [-0.05, 0) is 25.5 Å². The summed E-state index contributed by atoms with van der Waals surface area (Å²) in [6.45, 7) is 3.00. The molecule has 0 saturated carbocycles. The summed E-state index contributed by atoms with van der Waals surface area (Å²) in [5.41, 5.74) is 0.903. The molecule has 0 N–H and O–H groups in total. The number of nitrogens with zero attached hydrogens (tertiary/aromatic N) is 3. The minimum atomic E-state index is -4.41. The van der Waals surface area contributed by atoms with Crippen LogP contribution in [0.15, 0.2) is 28.8 Å². The van der Waals surface area contributed by atoms with Gasteiger partial charge in [0.1, 0.15) is 17.5 Å². The van der Waals surface area contributed by atoms with Gasteiger partial charge < -0.3 is 14.3 Å². The second-order valence-corrected chi connectivity index (χ2v) is 7.38. The first-order chi connectivity index (χ1) is 13.8. The van der Waals surface area contributed by atoms with Crippen LogP contribution in [0.4, 0.5) is 13.2 Å². The Bertz CT molecular complexity index is 937. The maximum absolute atomic E-state index is 12.9. The van der Waals surface area contributed by atoms with E-state index in [4.69, 9.17) is 4.52 Å². The summed E-state index contributed by atoms with van der Waals surface area (Å²) in [7, 11) is 0. The molecule has 3 heterocycles. The highest BCUT2D eigenvalue weighted by atomic mass is 19.4. The first-order valence-electron chi connectivity index (χ1n) is 9.49. The molecule has 1 unspecified atom stereocenters. The second kappa shape index (κ2) is 7.20. The highest BCUT2D eigenvalue weighted by molar-refractivity contribution is 5.88. The Hall–Kier alpha value is -2.84. The van der Waals surface area contributed by atoms with E-state index in [0.29, 0.717) is 48.5 Å². The molecule has 0 bridgehead atoms. The average molecular weight is 407 g/mol. The van der Waals surface area contributed by atoms with Crippen LogP contribution in [0.2, 0.25) is 0 Å². The van der Waals surface area contributed by atoms with Gasteiger partial charge in [-0.1, -0.05) is 17.3 Å². The first kappa shape index (κ1) is 19.5. The van der Waals surface area contributed by atoms with Crippen LogP contribution >= 0.6 is 0 Å². The number of benzene rings is 1. The maximum atomic E-state index is 12.9. The van der Waals surface area contributed by atoms with Crippen LogP contribution in [0, 0.1) is 0 Å². The molecule has 2 amide bonds. The highest BCUT2D eigenvalue weighted by Crippen LogP contribution is 2.34. The topological polar surface area (TPSA) is 66.7 Å². The predicted octanol–water partition coefficient (Wildman–Crippen LogP) is 3.26. The number of hydrogen-bond donors (Lipinski definition) is 0. The Morgan fingerprint density at radius 3 is 2.52 bits per heavy atom. The van der Waals surface area contributed by atoms with Gasteiger partial charge in [-0.15, -0.1) is 0 Å². The van der Waals surface area contributed by atoms with Crippen molar-refractivity contribution in [2.75, 3.05) is 13.1 Å². The van der Waals surface area contributed by atoms with Gasteiger partial charge in [-0.2, -0.15) is 13.2 Å². The lowest BCUT2D eigenvalue weighted by molar-refractivity contribution is -0.143. The summed E-state index contributed by atoms with van der Waals surface area (Å²) in [4.78, 5) is 28.1. The quantitative estimate of drug-likeness (QED) is 0.784. The molecule has 0 aliphatic carbocycles. The molecular formula is C20H20F3N3O3. The van der Waals surface area contributed by atoms with E-state index in [2.05, 4.69) is 5.16 Å². The lowest BCUT2D eigenvalue weighted by Crippen LogP contribution is -2.48. The van der Waals surface area contributed by atoms with E-state index < -0.39 is 17.8 Å². The van der Waals surface area contributed by atoms with E-state index >= 15 is 0 Å². The summed E-state index contributed by atoms with van der Waals surface area (Å²) in [6, 6.07) is 4.17. The number of amides is 2. The molecule has 1 aromatic carbocycles. The van der Waals surface area contributed by atoms with Crippen molar-refractivity contribution in [2.45, 2.75) is 44.9 Å². The molecule has 1 saturated heterocycles. The molecule has 9 heteroatoms. The fraction of sp³-hybridized carbons (Fsp3) is 0.450. The van der Waals surface area contributed by atoms with Crippen molar-refractivity contribution in [2.24, 2.45) is 0 Å². The number of halogens is 3. The zero-order chi connectivity index (χ0) is 20.8. The van der Waals surface area contributed by atoms with E-state index in [9.17, 15) is 22.8 Å². The fourth-order valence-electron chi connectivity index (χ4n) is 3.92. The molecule has 1 aromatic heterocycles. The minimum Gasteiger partial charge on any atom is -0.360 e. The van der Waals surface area contributed by atoms with E-state index in [0.717, 1.165) is 18.6 Å². The maximum Gasteiger partial charge on any atom is 0.416 e. The highest BCUT2D eigenvalue weighted by Gasteiger charge is 2.35. The second-order valence-electron chi connectivity index (χ2n) is 7.38. The Balaban J connectivity index is 1.55. The number of fused-ring (bicyclic) bond motifs is 1. The van der Waals surface area contributed by atoms with Crippen LogP contribution in [0.25, 0.3) is 11.3 Å². The summed E-state index contributed by atoms with van der Waals surface area (Å²) in [5.74, 6) is 0.471. The van der Waals surface area contributed by atoms with Gasteiger partial charge in [-0.25, -0.2) is 0 Å². The first-order valence-corrected chi connectivity index (χ1v) is 9.49. The zero-order valence-corrected chi connectivity index (χ0v) is 15.8. The van der Waals surface area contributed by atoms with Gasteiger partial charge in [0.05, 0.1) is 12.1 Å². The zero-order valence-electron chi connectivity index (χ0n) is 15.8. The largest absolute Gasteiger partial charge is 0.416 e. The summed E-state index contributed by atoms with van der Waals surface area (Å²) >= 11 is 0. The lowest BCUT2D eigenvalue weighted by atomic mass is 10.00. The lowest BCUT2D eigenvalue weighted by Gasteiger charge is -2.32. The minimum absolute atomic E-state index is 0.0148. The summed E-state index contributed by atoms with van der Waals surface area (Å²) < 4.78 is 43.8. The molecule has 29 heavy (non-hydrogen) atoms. The van der Waals surface area contributed by atoms with E-state index in [1.807, 2.05) is 0 Å². The van der Waals surface area contributed by atoms with Crippen LogP contribution in [-0.2, 0) is 28.7 Å². The smallest absolute Gasteiger partial charge is 0.360 e. The molecule has 2 aliphatic heterocycles. The number of alkyl halides is 3. The molecule has 0 spiro atoms. The van der Waals surface area contributed by atoms with Gasteiger partial charge in [0.25, 0.3) is 0 Å². The van der Waals surface area contributed by atoms with E-state index in [1.54, 1.807) is 16.7 Å². The average Bonchev–Trinajstić information content (AvgIpc) is 3.31. The van der Waals surface area contributed by atoms with Crippen molar-refractivity contribution in [3.05, 3.63) is 41.2 Å². The van der Waals surface area contributed by atoms with Crippen molar-refractivity contribution < 1.29 is 27.3 Å². The number of carbonyl (C=O) groups excluding carboxylic acids is 2. The van der Waals surface area contributed by atoms with Crippen molar-refractivity contribution in [1.82, 2.24) is 15.0 Å². The molecule has 154 valence electrons. The van der Waals surface area contributed by atoms with E-state index in [-0.39, 0.29) is 18.4 Å². The molecule has 2 aliphatic rings. The third kappa shape index (κ3) is 3.61. The van der Waals surface area contributed by atoms with Gasteiger partial charge >= 0.3 is 6.18 Å². The van der Waals surface area contributed by atoms with Crippen molar-refractivity contribution in [3.8, 4) is 11.3 Å². The van der Waals surface area contributed by atoms with Crippen LogP contribution in [-0.4, -0.2) is 45.9 Å². The molecule has 0 radical (unpaired) electrons. The van der Waals surface area contributed by atoms with Crippen LogP contribution in [0.1, 0.15) is 36.7 Å². The molecular weight excluding hydrogens is 387 g/mol. The SMILES string of the molecule is CC(C(=O)N1CCc2onc(-c3ccc(C(F)(F)F)cc3)c2C1)N1CCCC1=O. The number of rotatable bonds is 3. The van der Waals surface area contributed by atoms with Crippen molar-refractivity contribution in [1.29, 1.82) is 0 Å². The van der Waals surface area contributed by atoms with Gasteiger partial charge in [0.15, 0.2) is 0 Å². The fourth-order valence-corrected chi connectivity index (χ4v) is 3.92. The molecule has 1 atom stereocenters. The standard InChI is InChI=1S/C20H20F3N3O3/c1-12(26-9-2-3-17(26)27)19(28)25-10-8-16-15(11-25)18(24-29-16)13-4-6-14(7-5-13)20(21,22)23/h4-7,12H,2-3,8-11H2,1H3. The monoisotopic (exact) mass is 407 g/mol. The van der Waals surface area contributed by atoms with Crippen LogP contribution in [0.3, 0.4) is 0 Å². The molecule has 4 rings (SSSR count). The van der Waals surface area contributed by atoms with Crippen LogP contribution < -0.4 is 0 Å². The van der Waals surface area contributed by atoms with Gasteiger partial charge in [-0.3, -0.25) is 9.59 Å². The van der Waals surface area contributed by atoms with Crippen molar-refractivity contribution >= 4 is 11.8 Å². The predicted molar refractivity (Wildman–Crippen MR) is 96.5 cm³/mol. The molecule has 2 aromatic rings. The molecule has 6 nitrogen and oxygen atoms in total. The Morgan fingerprint density at radius 2 is 1.90 bits per heavy atom. The normalized spacial score (nSPS) is 18.1. The Kier molecular flexibility index (Phi) is 4.84. The number of likely N-dealkylation sites (tertiary alicyclic amines) is 1. The third-order valence-corrected chi connectivity index (χ3v) is 5.56. The number of carbonyl (C=O) groups is 2. The molecule has 1 fully saturated rings. The van der Waals surface area contributed by atoms with E-state index in [1.165, 1.54) is 12.1 Å². The van der Waals surface area contributed by atoms with Gasteiger partial charge in [0, 0.05) is 37.1 Å². The van der Waals surface area contributed by atoms with Gasteiger partial charge in [0.2, 0.25) is 11.8 Å². The summed E-state index contributed by atoms with van der Waals surface area (Å²) in [6.07, 6.45) is -2.72. The summed E-state index contributed by atoms with van der Waals surface area (Å²) in [5, 5.41) is 4.03. The number of aromatic nitrogens is 1. The van der Waals surface area contributed by atoms with Crippen LogP contribution in [0.5, 0.6) is 0 Å². The third-order valence-electron chi connectivity index (χ3n) is 5.56.